The van der Waals surface area contributed by atoms with Crippen molar-refractivity contribution in [1.29, 1.82) is 0 Å². The van der Waals surface area contributed by atoms with Crippen molar-refractivity contribution in [3.8, 4) is 0 Å². The molecular weight excluding hydrogens is 1260 g/mol. The third-order valence-corrected chi connectivity index (χ3v) is 20.1. The number of nitrogens with one attached hydrogen (secondary N) is 4. The van der Waals surface area contributed by atoms with Gasteiger partial charge in [-0.15, -0.1) is 11.8 Å². The Morgan fingerprint density at radius 1 is 0.536 bits per heavy atom. The molecule has 11 amide bonds. The van der Waals surface area contributed by atoms with Crippen molar-refractivity contribution in [2.75, 3.05) is 75.3 Å². The number of likely N-dealkylation sites (N-methyl/N-ethyl adjacent to an activating group) is 7. The van der Waals surface area contributed by atoms with Crippen molar-refractivity contribution in [2.24, 2.45) is 35.5 Å². The average Bonchev–Trinajstić information content (AvgIpc) is 0.809. The van der Waals surface area contributed by atoms with Gasteiger partial charge in [0.25, 0.3) is 5.91 Å². The fraction of sp³-hybridized carbons (Fsp3) is 0.817. The molecule has 1 saturated heterocycles. The van der Waals surface area contributed by atoms with E-state index in [0.717, 1.165) is 11.4 Å². The van der Waals surface area contributed by atoms with Gasteiger partial charge in [-0.05, 0) is 141 Å². The first-order valence-electron chi connectivity index (χ1n) is 35.1. The number of rotatable bonds is 23. The molecule has 0 aromatic carbocycles. The molecule has 97 heavy (non-hydrogen) atoms. The average molecular weight is 1390 g/mol. The number of amides is 11. The van der Waals surface area contributed by atoms with Crippen molar-refractivity contribution >= 4 is 76.7 Å². The van der Waals surface area contributed by atoms with Crippen LogP contribution in [0.15, 0.2) is 12.2 Å². The Morgan fingerprint density at radius 3 is 1.46 bits per heavy atom. The largest absolute Gasteiger partial charge is 0.390 e. The lowest BCUT2D eigenvalue weighted by atomic mass is 9.91. The number of hydrogen-bond donors (Lipinski definition) is 5. The fourth-order valence-corrected chi connectivity index (χ4v) is 13.4. The van der Waals surface area contributed by atoms with Crippen molar-refractivity contribution in [3.05, 3.63) is 12.2 Å². The zero-order chi connectivity index (χ0) is 75.2. The zero-order valence-corrected chi connectivity index (χ0v) is 65.3. The summed E-state index contributed by atoms with van der Waals surface area (Å²) in [6.45, 7) is 37.4. The van der Waals surface area contributed by atoms with Crippen molar-refractivity contribution in [2.45, 2.75) is 267 Å². The normalized spacial score (nSPS) is 26.1. The van der Waals surface area contributed by atoms with E-state index in [0.29, 0.717) is 25.1 Å². The Balaban J connectivity index is 4.63. The van der Waals surface area contributed by atoms with Crippen LogP contribution in [0.1, 0.15) is 183 Å². The second-order valence-electron chi connectivity index (χ2n) is 29.6. The molecule has 1 aliphatic rings. The van der Waals surface area contributed by atoms with Crippen molar-refractivity contribution in [1.82, 2.24) is 60.5 Å². The van der Waals surface area contributed by atoms with E-state index < -0.39 is 160 Å². The predicted octanol–water partition coefficient (Wildman–Crippen LogP) is 5.22. The molecule has 13 atom stereocenters. The summed E-state index contributed by atoms with van der Waals surface area (Å²) in [5.41, 5.74) is -1.05. The number of nitrogens with zero attached hydrogens (tertiary/aromatic N) is 8. The van der Waals surface area contributed by atoms with E-state index in [-0.39, 0.29) is 55.9 Å². The quantitative estimate of drug-likeness (QED) is 0.0648. The molecule has 1 rings (SSSR count). The number of allylic oxidation sites excluding steroid dienone is 2. The minimum absolute atomic E-state index is 0.0129. The van der Waals surface area contributed by atoms with Gasteiger partial charge < -0.3 is 70.3 Å². The summed E-state index contributed by atoms with van der Waals surface area (Å²) in [5, 5.41) is 22.2. The number of aliphatic hydroxyl groups excluding tert-OH is 1. The van der Waals surface area contributed by atoms with Crippen LogP contribution < -0.4 is 21.3 Å². The van der Waals surface area contributed by atoms with Gasteiger partial charge in [-0.2, -0.15) is 0 Å². The van der Waals surface area contributed by atoms with E-state index in [2.05, 4.69) is 46.9 Å². The minimum Gasteiger partial charge on any atom is -0.390 e. The van der Waals surface area contributed by atoms with Gasteiger partial charge in [0.05, 0.1) is 11.7 Å². The molecule has 0 spiro atoms. The molecule has 5 N–H and O–H groups in total. The summed E-state index contributed by atoms with van der Waals surface area (Å²) in [6, 6.07) is -12.6. The van der Waals surface area contributed by atoms with Crippen LogP contribution in [0.25, 0.3) is 0 Å². The number of thioether (sulfide) groups is 1. The predicted molar refractivity (Wildman–Crippen MR) is 383 cm³/mol. The molecule has 1 aliphatic heterocycles. The standard InChI is InChI=1S/C71H130N12O13S/c1-29-32-34-47(16)58(84)57-62(88)74-50(30-2)64(90)82(27)70(97-36-33-35-83(31-3)46(14)15)69(95)79(24)54(40-71(19,20)96-28)61(87)75-55(44(10)11)67(93)76(21)51(37-41(4)5)60(86)72-48(17)59(85)73-49(18)63(89)77(22)52(38-42(6)7)65(91)78(23)53(39-43(8)9)66(92)80(25)56(45(12)13)68(94)81(57)26/h29,32,41-58,70,84H,30-31,33-40H2,1-28H3,(H,72,86)(H,73,85)(H,74,88)(H,75,87)/b32-29+/t47-,48+,49-,50+,51+,52+,53+,54+,55+,56+,57+,58-,70-/m1/s1. The number of ether oxygens (including phenoxy) is 1. The number of carbonyl (C=O) groups excluding carboxylic acids is 11. The molecular formula is C71H130N12O13S. The Morgan fingerprint density at radius 2 is 1.00 bits per heavy atom. The number of carbonyl (C=O) groups is 11. The third kappa shape index (κ3) is 25.7. The summed E-state index contributed by atoms with van der Waals surface area (Å²) in [4.78, 5) is 176. The van der Waals surface area contributed by atoms with Crippen LogP contribution in [0.3, 0.4) is 0 Å². The van der Waals surface area contributed by atoms with Gasteiger partial charge in [0.1, 0.15) is 60.4 Å². The van der Waals surface area contributed by atoms with E-state index in [1.165, 1.54) is 111 Å². The SMILES string of the molecule is C/C=C/C[C@@H](C)[C@@H](O)[C@H]1C(=O)N[C@@H](CC)C(=O)N(C)[C@H](SCCCN(CC)C(C)C)C(=O)N(C)[C@@H](CC(C)(C)OC)C(=O)N[C@@H](C(C)C)C(=O)N(C)[C@@H](CC(C)C)C(=O)N[C@@H](C)C(=O)N[C@H](C)C(=O)N(C)[C@@H](CC(C)C)C(=O)N(C)[C@@H](CC(C)C)C(=O)N(C)[C@@H](C(C)C)C(=O)N1C. The Kier molecular flexibility index (Phi) is 37.7. The van der Waals surface area contributed by atoms with Gasteiger partial charge >= 0.3 is 0 Å². The molecule has 25 nitrogen and oxygen atoms in total. The molecule has 0 unspecified atom stereocenters. The van der Waals surface area contributed by atoms with E-state index in [1.807, 2.05) is 54.5 Å². The van der Waals surface area contributed by atoms with Crippen LogP contribution in [-0.4, -0.2) is 268 Å². The lowest BCUT2D eigenvalue weighted by Crippen LogP contribution is -2.64. The molecule has 26 heteroatoms. The molecule has 558 valence electrons. The molecule has 0 aliphatic carbocycles. The van der Waals surface area contributed by atoms with Crippen molar-refractivity contribution in [3.63, 3.8) is 0 Å². The van der Waals surface area contributed by atoms with Crippen LogP contribution in [0.2, 0.25) is 0 Å². The summed E-state index contributed by atoms with van der Waals surface area (Å²) in [6.07, 6.45) is 3.28. The summed E-state index contributed by atoms with van der Waals surface area (Å²) < 4.78 is 5.86. The highest BCUT2D eigenvalue weighted by Crippen LogP contribution is 2.29. The number of aliphatic hydroxyl groups is 1. The molecule has 0 aromatic heterocycles. The molecule has 0 radical (unpaired) electrons. The molecule has 0 saturated carbocycles. The molecule has 1 heterocycles. The van der Waals surface area contributed by atoms with Gasteiger partial charge in [-0.3, -0.25) is 52.7 Å². The van der Waals surface area contributed by atoms with E-state index >= 15 is 33.6 Å². The maximum absolute atomic E-state index is 15.6. The Bertz CT molecular complexity index is 2640. The highest BCUT2D eigenvalue weighted by Gasteiger charge is 2.47. The van der Waals surface area contributed by atoms with Crippen LogP contribution in [-0.2, 0) is 57.5 Å². The van der Waals surface area contributed by atoms with Gasteiger partial charge in [0.15, 0.2) is 5.37 Å². The van der Waals surface area contributed by atoms with Crippen LogP contribution in [0.4, 0.5) is 0 Å². The van der Waals surface area contributed by atoms with Gasteiger partial charge in [-0.25, -0.2) is 0 Å². The highest BCUT2D eigenvalue weighted by molar-refractivity contribution is 8.00. The first kappa shape index (κ1) is 89.2. The molecule has 0 bridgehead atoms. The number of methoxy groups -OCH3 is 1. The smallest absolute Gasteiger partial charge is 0.256 e. The topological polar surface area (TPSA) is 291 Å². The van der Waals surface area contributed by atoms with Crippen molar-refractivity contribution < 1.29 is 62.6 Å². The first-order chi connectivity index (χ1) is 44.8. The third-order valence-electron chi connectivity index (χ3n) is 18.7. The van der Waals surface area contributed by atoms with Crippen LogP contribution in [0, 0.1) is 35.5 Å². The van der Waals surface area contributed by atoms with E-state index in [4.69, 9.17) is 4.74 Å². The highest BCUT2D eigenvalue weighted by atomic mass is 32.2. The summed E-state index contributed by atoms with van der Waals surface area (Å²) in [7, 11) is 11.5. The molecule has 0 aromatic rings. The maximum Gasteiger partial charge on any atom is 0.256 e. The number of hydrogen-bond acceptors (Lipinski definition) is 15. The van der Waals surface area contributed by atoms with E-state index in [9.17, 15) is 24.3 Å². The minimum atomic E-state index is -1.65. The first-order valence-corrected chi connectivity index (χ1v) is 36.2. The van der Waals surface area contributed by atoms with Gasteiger partial charge in [0.2, 0.25) is 59.1 Å². The lowest BCUT2D eigenvalue weighted by molar-refractivity contribution is -0.157. The summed E-state index contributed by atoms with van der Waals surface area (Å²) in [5.74, 6) is -9.57. The van der Waals surface area contributed by atoms with Crippen LogP contribution in [0.5, 0.6) is 0 Å². The Labute approximate surface area is 587 Å². The summed E-state index contributed by atoms with van der Waals surface area (Å²) >= 11 is 1.18. The van der Waals surface area contributed by atoms with Crippen LogP contribution >= 0.6 is 11.8 Å². The molecule has 1 fully saturated rings. The second kappa shape index (κ2) is 41.0. The lowest BCUT2D eigenvalue weighted by Gasteiger charge is -2.41. The second-order valence-corrected chi connectivity index (χ2v) is 30.8. The maximum atomic E-state index is 15.6. The van der Waals surface area contributed by atoms with Gasteiger partial charge in [0, 0.05) is 68.9 Å². The zero-order valence-electron chi connectivity index (χ0n) is 64.5. The fourth-order valence-electron chi connectivity index (χ4n) is 12.2. The van der Waals surface area contributed by atoms with E-state index in [1.54, 1.807) is 61.5 Å². The van der Waals surface area contributed by atoms with Gasteiger partial charge in [-0.1, -0.05) is 102 Å². The Hall–Kier alpha value is -5.86. The monoisotopic (exact) mass is 1390 g/mol.